The number of carbonyl (C=O) groups is 1. The van der Waals surface area contributed by atoms with Crippen molar-refractivity contribution in [3.63, 3.8) is 0 Å². The van der Waals surface area contributed by atoms with Crippen molar-refractivity contribution in [3.05, 3.63) is 42.0 Å². The summed E-state index contributed by atoms with van der Waals surface area (Å²) in [6.45, 7) is 2.25. The first-order chi connectivity index (χ1) is 9.72. The molecule has 1 aliphatic carbocycles. The number of carbonyl (C=O) groups excluding carboxylic acids is 1. The molecule has 2 amide bonds. The number of hydrogen-bond donors (Lipinski definition) is 3. The Hall–Kier alpha value is -1.81. The van der Waals surface area contributed by atoms with Crippen molar-refractivity contribution in [3.8, 4) is 0 Å². The molecular formula is C16H22N2O2. The number of aliphatic hydroxyl groups excluding tert-OH is 1. The highest BCUT2D eigenvalue weighted by Gasteiger charge is 2.19. The minimum absolute atomic E-state index is 0.00508. The molecule has 20 heavy (non-hydrogen) atoms. The Kier molecular flexibility index (Phi) is 5.18. The van der Waals surface area contributed by atoms with Crippen LogP contribution >= 0.6 is 0 Å². The second-order valence-electron chi connectivity index (χ2n) is 5.18. The number of hydrogen-bond acceptors (Lipinski definition) is 2. The number of amides is 2. The van der Waals surface area contributed by atoms with Crippen LogP contribution in [0.25, 0.3) is 0 Å². The van der Waals surface area contributed by atoms with Crippen LogP contribution in [0.15, 0.2) is 36.4 Å². The van der Waals surface area contributed by atoms with Gasteiger partial charge in [0.25, 0.3) is 0 Å². The van der Waals surface area contributed by atoms with Crippen molar-refractivity contribution >= 4 is 11.7 Å². The molecule has 0 unspecified atom stereocenters. The van der Waals surface area contributed by atoms with Gasteiger partial charge < -0.3 is 15.7 Å². The van der Waals surface area contributed by atoms with Crippen LogP contribution in [0.1, 0.15) is 25.3 Å². The van der Waals surface area contributed by atoms with E-state index in [-0.39, 0.29) is 24.6 Å². The average Bonchev–Trinajstić information content (AvgIpc) is 2.89. The number of urea groups is 1. The predicted molar refractivity (Wildman–Crippen MR) is 80.7 cm³/mol. The lowest BCUT2D eigenvalue weighted by Crippen LogP contribution is -2.36. The van der Waals surface area contributed by atoms with Gasteiger partial charge in [0, 0.05) is 24.3 Å². The van der Waals surface area contributed by atoms with E-state index in [1.54, 1.807) is 0 Å². The molecule has 0 fully saturated rings. The van der Waals surface area contributed by atoms with Crippen LogP contribution in [0.2, 0.25) is 0 Å². The zero-order chi connectivity index (χ0) is 14.4. The van der Waals surface area contributed by atoms with Crippen LogP contribution in [0, 0.1) is 5.92 Å². The Balaban J connectivity index is 1.90. The largest absolute Gasteiger partial charge is 0.396 e. The maximum absolute atomic E-state index is 12.0. The SMILES string of the molecule is CCCc1ccccc1NC(=O)N[C@@H]1C=C[C@H](CO)C1. The van der Waals surface area contributed by atoms with Crippen molar-refractivity contribution < 1.29 is 9.90 Å². The van der Waals surface area contributed by atoms with E-state index in [1.807, 2.05) is 36.4 Å². The van der Waals surface area contributed by atoms with Gasteiger partial charge >= 0.3 is 6.03 Å². The van der Waals surface area contributed by atoms with Crippen LogP contribution < -0.4 is 10.6 Å². The molecule has 0 bridgehead atoms. The molecule has 0 heterocycles. The summed E-state index contributed by atoms with van der Waals surface area (Å²) in [5, 5.41) is 14.9. The molecule has 3 N–H and O–H groups in total. The molecule has 1 aromatic rings. The fraction of sp³-hybridized carbons (Fsp3) is 0.438. The van der Waals surface area contributed by atoms with Gasteiger partial charge in [-0.15, -0.1) is 0 Å². The van der Waals surface area contributed by atoms with Gasteiger partial charge in [-0.2, -0.15) is 0 Å². The first kappa shape index (κ1) is 14.6. The van der Waals surface area contributed by atoms with E-state index in [9.17, 15) is 4.79 Å². The van der Waals surface area contributed by atoms with Crippen molar-refractivity contribution in [2.24, 2.45) is 5.92 Å². The number of aliphatic hydroxyl groups is 1. The van der Waals surface area contributed by atoms with Crippen LogP contribution in [-0.2, 0) is 6.42 Å². The fourth-order valence-corrected chi connectivity index (χ4v) is 2.47. The summed E-state index contributed by atoms with van der Waals surface area (Å²) >= 11 is 0. The normalized spacial score (nSPS) is 20.9. The fourth-order valence-electron chi connectivity index (χ4n) is 2.47. The maximum atomic E-state index is 12.0. The second kappa shape index (κ2) is 7.10. The number of aryl methyl sites for hydroxylation is 1. The third kappa shape index (κ3) is 3.84. The van der Waals surface area contributed by atoms with Gasteiger partial charge in [-0.25, -0.2) is 4.79 Å². The first-order valence-electron chi connectivity index (χ1n) is 7.17. The van der Waals surface area contributed by atoms with E-state index in [4.69, 9.17) is 5.11 Å². The molecular weight excluding hydrogens is 252 g/mol. The van der Waals surface area contributed by atoms with E-state index in [0.29, 0.717) is 0 Å². The van der Waals surface area contributed by atoms with Crippen molar-refractivity contribution in [2.75, 3.05) is 11.9 Å². The molecule has 0 saturated carbocycles. The minimum Gasteiger partial charge on any atom is -0.396 e. The van der Waals surface area contributed by atoms with Crippen molar-refractivity contribution in [2.45, 2.75) is 32.2 Å². The quantitative estimate of drug-likeness (QED) is 0.723. The van der Waals surface area contributed by atoms with Gasteiger partial charge in [0.15, 0.2) is 0 Å². The summed E-state index contributed by atoms with van der Waals surface area (Å²) in [4.78, 5) is 12.0. The highest BCUT2D eigenvalue weighted by molar-refractivity contribution is 5.90. The molecule has 0 saturated heterocycles. The van der Waals surface area contributed by atoms with Crippen molar-refractivity contribution in [1.82, 2.24) is 5.32 Å². The van der Waals surface area contributed by atoms with Gasteiger partial charge in [-0.3, -0.25) is 0 Å². The number of para-hydroxylation sites is 1. The molecule has 0 aliphatic heterocycles. The molecule has 108 valence electrons. The standard InChI is InChI=1S/C16H22N2O2/c1-2-5-13-6-3-4-7-15(13)18-16(20)17-14-9-8-12(10-14)11-19/h3-4,6-9,12,14,19H,2,5,10-11H2,1H3,(H2,17,18,20)/t12-,14+/m0/s1. The smallest absolute Gasteiger partial charge is 0.319 e. The molecule has 0 aromatic heterocycles. The van der Waals surface area contributed by atoms with Gasteiger partial charge in [-0.05, 0) is 24.5 Å². The lowest BCUT2D eigenvalue weighted by atomic mass is 10.1. The molecule has 0 radical (unpaired) electrons. The maximum Gasteiger partial charge on any atom is 0.319 e. The van der Waals surface area contributed by atoms with E-state index < -0.39 is 0 Å². The predicted octanol–water partition coefficient (Wildman–Crippen LogP) is 2.70. The van der Waals surface area contributed by atoms with Crippen LogP contribution in [0.4, 0.5) is 10.5 Å². The molecule has 2 rings (SSSR count). The number of anilines is 1. The molecule has 0 spiro atoms. The Morgan fingerprint density at radius 1 is 1.35 bits per heavy atom. The highest BCUT2D eigenvalue weighted by atomic mass is 16.3. The highest BCUT2D eigenvalue weighted by Crippen LogP contribution is 2.19. The first-order valence-corrected chi connectivity index (χ1v) is 7.17. The molecule has 1 aliphatic rings. The topological polar surface area (TPSA) is 61.4 Å². The number of nitrogens with one attached hydrogen (secondary N) is 2. The van der Waals surface area contributed by atoms with Crippen LogP contribution in [-0.4, -0.2) is 23.8 Å². The lowest BCUT2D eigenvalue weighted by Gasteiger charge is -2.15. The third-order valence-corrected chi connectivity index (χ3v) is 3.51. The van der Waals surface area contributed by atoms with E-state index >= 15 is 0 Å². The van der Waals surface area contributed by atoms with Crippen LogP contribution in [0.3, 0.4) is 0 Å². The molecule has 2 atom stereocenters. The van der Waals surface area contributed by atoms with Gasteiger partial charge in [0.05, 0.1) is 0 Å². The van der Waals surface area contributed by atoms with Crippen LogP contribution in [0.5, 0.6) is 0 Å². The monoisotopic (exact) mass is 274 g/mol. The van der Waals surface area contributed by atoms with Crippen molar-refractivity contribution in [1.29, 1.82) is 0 Å². The Morgan fingerprint density at radius 2 is 2.15 bits per heavy atom. The van der Waals surface area contributed by atoms with Gasteiger partial charge in [0.2, 0.25) is 0 Å². The summed E-state index contributed by atoms with van der Waals surface area (Å²) in [6, 6.07) is 7.68. The number of benzene rings is 1. The van der Waals surface area contributed by atoms with E-state index in [2.05, 4.69) is 17.6 Å². The average molecular weight is 274 g/mol. The Morgan fingerprint density at radius 3 is 2.85 bits per heavy atom. The van der Waals surface area contributed by atoms with Gasteiger partial charge in [0.1, 0.15) is 0 Å². The molecule has 4 heteroatoms. The Labute approximate surface area is 119 Å². The minimum atomic E-state index is -0.193. The van der Waals surface area contributed by atoms with E-state index in [1.165, 1.54) is 0 Å². The van der Waals surface area contributed by atoms with Gasteiger partial charge in [-0.1, -0.05) is 43.7 Å². The summed E-state index contributed by atoms with van der Waals surface area (Å²) in [5.41, 5.74) is 2.02. The summed E-state index contributed by atoms with van der Waals surface area (Å²) in [5.74, 6) is 0.160. The third-order valence-electron chi connectivity index (χ3n) is 3.51. The summed E-state index contributed by atoms with van der Waals surface area (Å²) in [7, 11) is 0. The molecule has 4 nitrogen and oxygen atoms in total. The summed E-state index contributed by atoms with van der Waals surface area (Å²) in [6.07, 6.45) is 6.66. The lowest BCUT2D eigenvalue weighted by molar-refractivity contribution is 0.238. The summed E-state index contributed by atoms with van der Waals surface area (Å²) < 4.78 is 0. The Bertz CT molecular complexity index is 485. The second-order valence-corrected chi connectivity index (χ2v) is 5.18. The number of rotatable bonds is 5. The van der Waals surface area contributed by atoms with E-state index in [0.717, 1.165) is 30.5 Å². The zero-order valence-corrected chi connectivity index (χ0v) is 11.8. The zero-order valence-electron chi connectivity index (χ0n) is 11.8. The molecule has 1 aromatic carbocycles.